The number of aromatic nitrogens is 3. The van der Waals surface area contributed by atoms with Crippen molar-refractivity contribution in [1.82, 2.24) is 20.1 Å². The van der Waals surface area contributed by atoms with Crippen LogP contribution < -0.4 is 0 Å². The zero-order valence-electron chi connectivity index (χ0n) is 13.5. The number of hydrogen-bond acceptors (Lipinski definition) is 4. The molecule has 5 nitrogen and oxygen atoms in total. The highest BCUT2D eigenvalue weighted by Crippen LogP contribution is 2.28. The Hall–Kier alpha value is -2.54. The van der Waals surface area contributed by atoms with E-state index in [1.165, 1.54) is 23.5 Å². The quantitative estimate of drug-likeness (QED) is 0.778. The van der Waals surface area contributed by atoms with E-state index in [-0.39, 0.29) is 17.6 Å². The van der Waals surface area contributed by atoms with Crippen LogP contribution in [-0.2, 0) is 0 Å². The van der Waals surface area contributed by atoms with Crippen LogP contribution in [0.15, 0.2) is 41.8 Å². The van der Waals surface area contributed by atoms with Crippen molar-refractivity contribution >= 4 is 17.2 Å². The normalized spacial score (nSPS) is 15.5. The largest absolute Gasteiger partial charge is 0.338 e. The molecule has 0 radical (unpaired) electrons. The van der Waals surface area contributed by atoms with Crippen molar-refractivity contribution in [3.05, 3.63) is 58.3 Å². The van der Waals surface area contributed by atoms with Gasteiger partial charge in [-0.05, 0) is 48.6 Å². The minimum Gasteiger partial charge on any atom is -0.338 e. The molecule has 0 unspecified atom stereocenters. The van der Waals surface area contributed by atoms with Gasteiger partial charge in [0.1, 0.15) is 11.6 Å². The van der Waals surface area contributed by atoms with E-state index in [1.54, 1.807) is 12.1 Å². The topological polar surface area (TPSA) is 61.9 Å². The molecule has 0 aliphatic carbocycles. The molecule has 0 saturated carbocycles. The number of nitrogens with zero attached hydrogens (tertiary/aromatic N) is 3. The molecule has 0 bridgehead atoms. The standard InChI is InChI=1S/C18H17FN4OS/c19-14-5-3-12(4-6-14)16-20-17(22-21-16)13-7-9-23(10-8-13)18(24)15-2-1-11-25-15/h1-6,11,13H,7-10H2,(H,20,21,22). The lowest BCUT2D eigenvalue weighted by molar-refractivity contribution is 0.0716. The number of carbonyl (C=O) groups is 1. The molecule has 1 aliphatic heterocycles. The number of halogens is 1. The molecule has 25 heavy (non-hydrogen) atoms. The predicted molar refractivity (Wildman–Crippen MR) is 94.0 cm³/mol. The molecule has 1 saturated heterocycles. The van der Waals surface area contributed by atoms with Crippen molar-refractivity contribution in [2.75, 3.05) is 13.1 Å². The van der Waals surface area contributed by atoms with Gasteiger partial charge in [-0.2, -0.15) is 5.10 Å². The minimum atomic E-state index is -0.276. The van der Waals surface area contributed by atoms with Crippen LogP contribution in [0.5, 0.6) is 0 Å². The maximum Gasteiger partial charge on any atom is 0.263 e. The lowest BCUT2D eigenvalue weighted by atomic mass is 9.96. The van der Waals surface area contributed by atoms with E-state index in [9.17, 15) is 9.18 Å². The van der Waals surface area contributed by atoms with Gasteiger partial charge in [-0.15, -0.1) is 11.3 Å². The fraction of sp³-hybridized carbons (Fsp3) is 0.278. The van der Waals surface area contributed by atoms with Crippen LogP contribution in [0.3, 0.4) is 0 Å². The number of aromatic amines is 1. The zero-order chi connectivity index (χ0) is 17.2. The number of carbonyl (C=O) groups excluding carboxylic acids is 1. The van der Waals surface area contributed by atoms with Gasteiger partial charge in [-0.25, -0.2) is 9.37 Å². The summed E-state index contributed by atoms with van der Waals surface area (Å²) < 4.78 is 13.0. The van der Waals surface area contributed by atoms with E-state index in [0.29, 0.717) is 18.9 Å². The van der Waals surface area contributed by atoms with E-state index < -0.39 is 0 Å². The first-order chi connectivity index (χ1) is 12.2. The lowest BCUT2D eigenvalue weighted by Gasteiger charge is -2.30. The van der Waals surface area contributed by atoms with Crippen molar-refractivity contribution in [3.8, 4) is 11.4 Å². The number of piperidine rings is 1. The molecule has 1 amide bonds. The molecule has 1 aliphatic rings. The summed E-state index contributed by atoms with van der Waals surface area (Å²) in [5.41, 5.74) is 0.786. The van der Waals surface area contributed by atoms with Gasteiger partial charge in [0.2, 0.25) is 0 Å². The Balaban J connectivity index is 1.41. The molecule has 3 heterocycles. The molecule has 0 spiro atoms. The van der Waals surface area contributed by atoms with Crippen molar-refractivity contribution in [2.24, 2.45) is 0 Å². The summed E-state index contributed by atoms with van der Waals surface area (Å²) in [5.74, 6) is 1.50. The Morgan fingerprint density at radius 2 is 1.96 bits per heavy atom. The van der Waals surface area contributed by atoms with Gasteiger partial charge in [-0.3, -0.25) is 9.89 Å². The van der Waals surface area contributed by atoms with Crippen molar-refractivity contribution < 1.29 is 9.18 Å². The smallest absolute Gasteiger partial charge is 0.263 e. The molecule has 2 aromatic heterocycles. The molecule has 1 fully saturated rings. The molecule has 7 heteroatoms. The predicted octanol–water partition coefficient (Wildman–Crippen LogP) is 3.69. The van der Waals surface area contributed by atoms with E-state index in [1.807, 2.05) is 22.4 Å². The Kier molecular flexibility index (Phi) is 4.31. The van der Waals surface area contributed by atoms with Gasteiger partial charge in [0.15, 0.2) is 5.82 Å². The molecule has 0 atom stereocenters. The van der Waals surface area contributed by atoms with E-state index in [4.69, 9.17) is 0 Å². The summed E-state index contributed by atoms with van der Waals surface area (Å²) >= 11 is 1.48. The Bertz CT molecular complexity index is 852. The second kappa shape index (κ2) is 6.76. The number of nitrogens with one attached hydrogen (secondary N) is 1. The molecular formula is C18H17FN4OS. The number of rotatable bonds is 3. The van der Waals surface area contributed by atoms with E-state index in [0.717, 1.165) is 29.1 Å². The molecular weight excluding hydrogens is 339 g/mol. The highest BCUT2D eigenvalue weighted by Gasteiger charge is 2.27. The molecule has 1 N–H and O–H groups in total. The van der Waals surface area contributed by atoms with Crippen LogP contribution in [0.25, 0.3) is 11.4 Å². The number of benzene rings is 1. The second-order valence-corrected chi connectivity index (χ2v) is 7.04. The van der Waals surface area contributed by atoms with E-state index in [2.05, 4.69) is 15.2 Å². The summed E-state index contributed by atoms with van der Waals surface area (Å²) in [4.78, 5) is 19.6. The first-order valence-corrected chi connectivity index (χ1v) is 9.09. The van der Waals surface area contributed by atoms with Crippen LogP contribution in [-0.4, -0.2) is 39.1 Å². The second-order valence-electron chi connectivity index (χ2n) is 6.09. The van der Waals surface area contributed by atoms with Crippen LogP contribution in [0.4, 0.5) is 4.39 Å². The molecule has 4 rings (SSSR count). The number of hydrogen-bond donors (Lipinski definition) is 1. The lowest BCUT2D eigenvalue weighted by Crippen LogP contribution is -2.37. The zero-order valence-corrected chi connectivity index (χ0v) is 14.3. The van der Waals surface area contributed by atoms with Crippen molar-refractivity contribution in [2.45, 2.75) is 18.8 Å². The SMILES string of the molecule is O=C(c1cccs1)N1CCC(c2nc(-c3ccc(F)cc3)n[nH]2)CC1. The van der Waals surface area contributed by atoms with Gasteiger partial charge in [-0.1, -0.05) is 6.07 Å². The van der Waals surface area contributed by atoms with Gasteiger partial charge >= 0.3 is 0 Å². The summed E-state index contributed by atoms with van der Waals surface area (Å²) in [6, 6.07) is 9.91. The van der Waals surface area contributed by atoms with Crippen LogP contribution in [0.2, 0.25) is 0 Å². The number of amides is 1. The summed E-state index contributed by atoms with van der Waals surface area (Å²) in [6.45, 7) is 1.43. The van der Waals surface area contributed by atoms with Crippen LogP contribution in [0, 0.1) is 5.82 Å². The highest BCUT2D eigenvalue weighted by molar-refractivity contribution is 7.12. The minimum absolute atomic E-state index is 0.109. The maximum atomic E-state index is 13.0. The highest BCUT2D eigenvalue weighted by atomic mass is 32.1. The van der Waals surface area contributed by atoms with Crippen LogP contribution >= 0.6 is 11.3 Å². The first-order valence-electron chi connectivity index (χ1n) is 8.22. The summed E-state index contributed by atoms with van der Waals surface area (Å²) in [7, 11) is 0. The number of H-pyrrole nitrogens is 1. The Labute approximate surface area is 148 Å². The average Bonchev–Trinajstić information content (AvgIpc) is 3.34. The number of likely N-dealkylation sites (tertiary alicyclic amines) is 1. The Morgan fingerprint density at radius 3 is 2.64 bits per heavy atom. The monoisotopic (exact) mass is 356 g/mol. The van der Waals surface area contributed by atoms with Gasteiger partial charge < -0.3 is 4.90 Å². The molecule has 1 aromatic carbocycles. The van der Waals surface area contributed by atoms with E-state index >= 15 is 0 Å². The number of thiophene rings is 1. The summed E-state index contributed by atoms with van der Waals surface area (Å²) in [5, 5.41) is 9.17. The Morgan fingerprint density at radius 1 is 1.20 bits per heavy atom. The fourth-order valence-corrected chi connectivity index (χ4v) is 3.79. The maximum absolute atomic E-state index is 13.0. The van der Waals surface area contributed by atoms with Gasteiger partial charge in [0.25, 0.3) is 5.91 Å². The summed E-state index contributed by atoms with van der Waals surface area (Å²) in [6.07, 6.45) is 1.71. The van der Waals surface area contributed by atoms with Crippen molar-refractivity contribution in [3.63, 3.8) is 0 Å². The van der Waals surface area contributed by atoms with Gasteiger partial charge in [0.05, 0.1) is 4.88 Å². The van der Waals surface area contributed by atoms with Crippen molar-refractivity contribution in [1.29, 1.82) is 0 Å². The third kappa shape index (κ3) is 3.32. The molecule has 128 valence electrons. The molecule has 3 aromatic rings. The average molecular weight is 356 g/mol. The van der Waals surface area contributed by atoms with Gasteiger partial charge in [0, 0.05) is 24.6 Å². The third-order valence-corrected chi connectivity index (χ3v) is 5.36. The fourth-order valence-electron chi connectivity index (χ4n) is 3.10. The third-order valence-electron chi connectivity index (χ3n) is 4.51. The first kappa shape index (κ1) is 16.0. The van der Waals surface area contributed by atoms with Crippen LogP contribution in [0.1, 0.15) is 34.3 Å².